The fraction of sp³-hybridized carbons (Fsp3) is 0.179. The van der Waals surface area contributed by atoms with E-state index in [4.69, 9.17) is 10.1 Å². The molecule has 1 aromatic heterocycles. The highest BCUT2D eigenvalue weighted by atomic mass is 32.1. The van der Waals surface area contributed by atoms with E-state index in [-0.39, 0.29) is 0 Å². The minimum atomic E-state index is -1.07. The largest absolute Gasteiger partial charge is 0.480 e. The summed E-state index contributed by atoms with van der Waals surface area (Å²) in [6.07, 6.45) is 0.885. The fourth-order valence-electron chi connectivity index (χ4n) is 3.66. The number of hydrogen-bond donors (Lipinski definition) is 2. The molecule has 0 aliphatic heterocycles. The van der Waals surface area contributed by atoms with E-state index >= 15 is 0 Å². The molecule has 0 atom stereocenters. The number of amides is 1. The van der Waals surface area contributed by atoms with Crippen LogP contribution in [0.25, 0.3) is 11.3 Å². The third-order valence-electron chi connectivity index (χ3n) is 5.61. The maximum Gasteiger partial charge on any atom is 0.322 e. The molecule has 0 unspecified atom stereocenters. The second-order valence-corrected chi connectivity index (χ2v) is 9.15. The number of carboxylic acids is 1. The molecular weight excluding hydrogens is 458 g/mol. The zero-order valence-electron chi connectivity index (χ0n) is 19.5. The number of thiazole rings is 1. The molecule has 0 bridgehead atoms. The number of nitrogens with one attached hydrogen (secondary N) is 1. The van der Waals surface area contributed by atoms with Gasteiger partial charge in [0.05, 0.1) is 5.69 Å². The molecule has 4 aromatic rings. The summed E-state index contributed by atoms with van der Waals surface area (Å²) in [5.74, 6) is -1.47. The number of hydrogen-bond acceptors (Lipinski definition) is 5. The van der Waals surface area contributed by atoms with Crippen molar-refractivity contribution >= 4 is 28.3 Å². The summed E-state index contributed by atoms with van der Waals surface area (Å²) in [5, 5.41) is 14.2. The van der Waals surface area contributed by atoms with E-state index < -0.39 is 18.4 Å². The van der Waals surface area contributed by atoms with Gasteiger partial charge in [-0.15, -0.1) is 11.3 Å². The number of rotatable bonds is 10. The van der Waals surface area contributed by atoms with Crippen LogP contribution < -0.4 is 10.2 Å². The van der Waals surface area contributed by atoms with Crippen molar-refractivity contribution in [2.45, 2.75) is 19.9 Å². The first kappa shape index (κ1) is 24.2. The number of nitrogens with zero attached hydrogens (tertiary/aromatic N) is 2. The Kier molecular flexibility index (Phi) is 7.90. The van der Waals surface area contributed by atoms with Crippen molar-refractivity contribution in [3.63, 3.8) is 0 Å². The zero-order valence-corrected chi connectivity index (χ0v) is 20.3. The molecule has 6 nitrogen and oxygen atoms in total. The van der Waals surface area contributed by atoms with Gasteiger partial charge in [0.25, 0.3) is 5.91 Å². The lowest BCUT2D eigenvalue weighted by molar-refractivity contribution is -0.135. The van der Waals surface area contributed by atoms with E-state index in [2.05, 4.69) is 58.9 Å². The summed E-state index contributed by atoms with van der Waals surface area (Å²) in [5.41, 5.74) is 6.01. The lowest BCUT2D eigenvalue weighted by atomic mass is 10.1. The van der Waals surface area contributed by atoms with E-state index in [0.29, 0.717) is 12.1 Å². The maximum atomic E-state index is 12.1. The third-order valence-corrected chi connectivity index (χ3v) is 6.51. The van der Waals surface area contributed by atoms with Crippen LogP contribution in [-0.4, -0.2) is 35.1 Å². The van der Waals surface area contributed by atoms with Crippen LogP contribution in [0.3, 0.4) is 0 Å². The van der Waals surface area contributed by atoms with Crippen LogP contribution in [0.15, 0.2) is 84.2 Å². The minimum Gasteiger partial charge on any atom is -0.480 e. The fourth-order valence-corrected chi connectivity index (χ4v) is 4.52. The summed E-state index contributed by atoms with van der Waals surface area (Å²) >= 11 is 1.62. The van der Waals surface area contributed by atoms with Gasteiger partial charge in [-0.2, -0.15) is 0 Å². The first-order chi connectivity index (χ1) is 17.0. The van der Waals surface area contributed by atoms with Gasteiger partial charge in [-0.05, 0) is 36.6 Å². The van der Waals surface area contributed by atoms with Crippen LogP contribution in [0, 0.1) is 6.92 Å². The second-order valence-electron chi connectivity index (χ2n) is 8.31. The number of aryl methyl sites for hydroxylation is 1. The second kappa shape index (κ2) is 11.4. The van der Waals surface area contributed by atoms with Crippen molar-refractivity contribution in [2.75, 3.05) is 18.0 Å². The van der Waals surface area contributed by atoms with E-state index in [0.717, 1.165) is 34.9 Å². The average molecular weight is 486 g/mol. The molecule has 1 amide bonds. The Hall–Kier alpha value is -3.97. The predicted octanol–water partition coefficient (Wildman–Crippen LogP) is 5.18. The van der Waals surface area contributed by atoms with Gasteiger partial charge in [0, 0.05) is 29.6 Å². The Labute approximate surface area is 208 Å². The van der Waals surface area contributed by atoms with Crippen molar-refractivity contribution in [1.82, 2.24) is 10.3 Å². The molecular formula is C28H27N3O3S. The van der Waals surface area contributed by atoms with Crippen molar-refractivity contribution in [2.24, 2.45) is 0 Å². The predicted molar refractivity (Wildman–Crippen MR) is 140 cm³/mol. The van der Waals surface area contributed by atoms with Gasteiger partial charge in [-0.1, -0.05) is 72.3 Å². The number of anilines is 1. The Morgan fingerprint density at radius 1 is 0.943 bits per heavy atom. The molecule has 0 aliphatic carbocycles. The summed E-state index contributed by atoms with van der Waals surface area (Å²) in [4.78, 5) is 30.0. The number of aromatic nitrogens is 1. The molecule has 7 heteroatoms. The highest BCUT2D eigenvalue weighted by Gasteiger charge is 2.14. The molecule has 0 aliphatic rings. The van der Waals surface area contributed by atoms with Crippen molar-refractivity contribution < 1.29 is 14.7 Å². The van der Waals surface area contributed by atoms with Gasteiger partial charge < -0.3 is 15.3 Å². The zero-order chi connectivity index (χ0) is 24.6. The highest BCUT2D eigenvalue weighted by molar-refractivity contribution is 7.14. The first-order valence-corrected chi connectivity index (χ1v) is 12.3. The van der Waals surface area contributed by atoms with E-state index in [9.17, 15) is 9.59 Å². The molecule has 0 fully saturated rings. The van der Waals surface area contributed by atoms with Crippen molar-refractivity contribution in [3.8, 4) is 11.3 Å². The van der Waals surface area contributed by atoms with Crippen LogP contribution in [-0.2, 0) is 17.8 Å². The summed E-state index contributed by atoms with van der Waals surface area (Å²) in [6.45, 7) is 3.11. The molecule has 0 saturated carbocycles. The van der Waals surface area contributed by atoms with Crippen LogP contribution in [0.5, 0.6) is 0 Å². The lowest BCUT2D eigenvalue weighted by Crippen LogP contribution is -2.29. The Morgan fingerprint density at radius 2 is 1.66 bits per heavy atom. The van der Waals surface area contributed by atoms with Crippen LogP contribution in [0.1, 0.15) is 27.0 Å². The van der Waals surface area contributed by atoms with Crippen molar-refractivity contribution in [3.05, 3.63) is 106 Å². The topological polar surface area (TPSA) is 82.5 Å². The molecule has 2 N–H and O–H groups in total. The number of carbonyl (C=O) groups is 2. The van der Waals surface area contributed by atoms with Gasteiger partial charge in [-0.3, -0.25) is 9.59 Å². The normalized spacial score (nSPS) is 10.7. The lowest BCUT2D eigenvalue weighted by Gasteiger charge is -2.22. The number of carbonyl (C=O) groups excluding carboxylic acids is 1. The van der Waals surface area contributed by atoms with Gasteiger partial charge in [0.1, 0.15) is 6.54 Å². The summed E-state index contributed by atoms with van der Waals surface area (Å²) in [7, 11) is 0. The average Bonchev–Trinajstić information content (AvgIpc) is 3.37. The van der Waals surface area contributed by atoms with Gasteiger partial charge in [-0.25, -0.2) is 4.98 Å². The van der Waals surface area contributed by atoms with E-state index in [1.54, 1.807) is 23.5 Å². The molecule has 4 rings (SSSR count). The first-order valence-electron chi connectivity index (χ1n) is 11.4. The molecule has 35 heavy (non-hydrogen) atoms. The number of carboxylic acid groups (broad SMARTS) is 1. The minimum absolute atomic E-state index is 0.400. The highest BCUT2D eigenvalue weighted by Crippen LogP contribution is 2.29. The number of benzene rings is 3. The smallest absolute Gasteiger partial charge is 0.322 e. The molecule has 3 aromatic carbocycles. The Morgan fingerprint density at radius 3 is 2.34 bits per heavy atom. The van der Waals surface area contributed by atoms with Crippen molar-refractivity contribution in [1.29, 1.82) is 0 Å². The van der Waals surface area contributed by atoms with E-state index in [1.807, 2.05) is 30.3 Å². The molecule has 178 valence electrons. The van der Waals surface area contributed by atoms with Crippen LogP contribution >= 0.6 is 11.3 Å². The summed E-state index contributed by atoms with van der Waals surface area (Å²) in [6, 6.07) is 26.0. The van der Waals surface area contributed by atoms with Gasteiger partial charge >= 0.3 is 5.97 Å². The molecule has 0 saturated heterocycles. The Balaban J connectivity index is 1.51. The molecule has 0 spiro atoms. The number of aliphatic carboxylic acids is 1. The van der Waals surface area contributed by atoms with Gasteiger partial charge in [0.2, 0.25) is 0 Å². The van der Waals surface area contributed by atoms with Gasteiger partial charge in [0.15, 0.2) is 5.13 Å². The molecule has 0 radical (unpaired) electrons. The molecule has 1 heterocycles. The Bertz CT molecular complexity index is 1270. The van der Waals surface area contributed by atoms with Crippen LogP contribution in [0.4, 0.5) is 5.13 Å². The summed E-state index contributed by atoms with van der Waals surface area (Å²) < 4.78 is 0. The SMILES string of the molecule is Cc1ccc(-c2csc(N(CCc3ccccc3)Cc3ccc(C(=O)NCC(=O)O)cc3)n2)cc1. The maximum absolute atomic E-state index is 12.1. The van der Waals surface area contributed by atoms with E-state index in [1.165, 1.54) is 11.1 Å². The standard InChI is InChI=1S/C28H27N3O3S/c1-20-7-11-23(12-8-20)25-19-35-28(30-25)31(16-15-21-5-3-2-4-6-21)18-22-9-13-24(14-10-22)27(34)29-17-26(32)33/h2-14,19H,15-18H2,1H3,(H,29,34)(H,32,33). The quantitative estimate of drug-likeness (QED) is 0.323. The third kappa shape index (κ3) is 6.77. The van der Waals surface area contributed by atoms with Crippen LogP contribution in [0.2, 0.25) is 0 Å². The monoisotopic (exact) mass is 485 g/mol.